The van der Waals surface area contributed by atoms with Crippen LogP contribution >= 0.6 is 7.82 Å². The number of rotatable bonds is 38. The Kier molecular flexibility index (Phi) is 36.2. The van der Waals surface area contributed by atoms with Crippen LogP contribution in [0.3, 0.4) is 0 Å². The summed E-state index contributed by atoms with van der Waals surface area (Å²) < 4.78 is 26.3. The zero-order chi connectivity index (χ0) is 36.8. The molecular weight excluding hydrogens is 651 g/mol. The van der Waals surface area contributed by atoms with E-state index in [4.69, 9.17) is 19.3 Å². The van der Waals surface area contributed by atoms with E-state index >= 15 is 0 Å². The molecule has 0 saturated heterocycles. The van der Waals surface area contributed by atoms with Crippen LogP contribution in [0.2, 0.25) is 0 Å². The first-order chi connectivity index (χ1) is 24.3. The number of carbonyl (C=O) groups excluding carboxylic acids is 2. The fraction of sp³-hybridized carbons (Fsp3) is 0.854. The molecule has 8 nitrogen and oxygen atoms in total. The number of unbranched alkanes of at least 4 members (excludes halogenated alkanes) is 24. The first-order valence-electron chi connectivity index (χ1n) is 20.6. The van der Waals surface area contributed by atoms with Crippen LogP contribution in [0.25, 0.3) is 0 Å². The van der Waals surface area contributed by atoms with E-state index in [1.807, 2.05) is 0 Å². The van der Waals surface area contributed by atoms with Gasteiger partial charge in [0.25, 0.3) is 0 Å². The number of ether oxygens (including phenoxy) is 2. The standard InChI is InChI=1S/C41H77O8P/c1-3-5-7-9-11-13-15-16-17-18-19-20-21-22-23-24-26-28-30-32-34-36-41(43)49-39(38-48-50(44,45)46)37-47-40(42)35-33-31-29-27-25-14-12-10-8-6-4-2/h15-16,18-19,39H,3-14,17,20-38H2,1-2H3,(H2,44,45,46)/b16-15-,19-18-. The number of allylic oxidation sites excluding steroid dienone is 4. The molecule has 1 unspecified atom stereocenters. The third-order valence-electron chi connectivity index (χ3n) is 8.97. The van der Waals surface area contributed by atoms with Gasteiger partial charge in [-0.1, -0.05) is 173 Å². The zero-order valence-electron chi connectivity index (χ0n) is 32.3. The summed E-state index contributed by atoms with van der Waals surface area (Å²) in [6, 6.07) is 0. The van der Waals surface area contributed by atoms with Crippen molar-refractivity contribution in [2.24, 2.45) is 0 Å². The number of hydrogen-bond donors (Lipinski definition) is 2. The quantitative estimate of drug-likeness (QED) is 0.0279. The Labute approximate surface area is 307 Å². The molecule has 9 heteroatoms. The Balaban J connectivity index is 3.88. The van der Waals surface area contributed by atoms with Crippen LogP contribution in [0.4, 0.5) is 0 Å². The maximum absolute atomic E-state index is 12.4. The predicted molar refractivity (Wildman–Crippen MR) is 207 cm³/mol. The normalized spacial score (nSPS) is 12.6. The summed E-state index contributed by atoms with van der Waals surface area (Å²) >= 11 is 0. The van der Waals surface area contributed by atoms with Gasteiger partial charge >= 0.3 is 19.8 Å². The van der Waals surface area contributed by atoms with Crippen LogP contribution in [0.5, 0.6) is 0 Å². The Bertz CT molecular complexity index is 869. The lowest BCUT2D eigenvalue weighted by Crippen LogP contribution is -2.29. The van der Waals surface area contributed by atoms with Gasteiger partial charge in [-0.2, -0.15) is 0 Å². The van der Waals surface area contributed by atoms with Crippen LogP contribution in [0.15, 0.2) is 24.3 Å². The van der Waals surface area contributed by atoms with E-state index in [1.165, 1.54) is 122 Å². The molecule has 294 valence electrons. The van der Waals surface area contributed by atoms with Gasteiger partial charge in [0.1, 0.15) is 6.61 Å². The van der Waals surface area contributed by atoms with Crippen molar-refractivity contribution in [1.29, 1.82) is 0 Å². The van der Waals surface area contributed by atoms with Gasteiger partial charge in [0.2, 0.25) is 0 Å². The van der Waals surface area contributed by atoms with Crippen LogP contribution in [0.1, 0.15) is 206 Å². The summed E-state index contributed by atoms with van der Waals surface area (Å²) in [4.78, 5) is 42.7. The predicted octanol–water partition coefficient (Wildman–Crippen LogP) is 12.4. The molecule has 0 bridgehead atoms. The molecule has 0 amide bonds. The number of carbonyl (C=O) groups is 2. The highest BCUT2D eigenvalue weighted by molar-refractivity contribution is 7.46. The Morgan fingerprint density at radius 2 is 0.900 bits per heavy atom. The molecule has 0 radical (unpaired) electrons. The highest BCUT2D eigenvalue weighted by Gasteiger charge is 2.22. The minimum Gasteiger partial charge on any atom is -0.462 e. The molecule has 1 atom stereocenters. The molecule has 0 aliphatic carbocycles. The van der Waals surface area contributed by atoms with Crippen molar-refractivity contribution >= 4 is 19.8 Å². The second-order valence-electron chi connectivity index (χ2n) is 14.0. The smallest absolute Gasteiger partial charge is 0.462 e. The molecule has 0 aliphatic rings. The molecular formula is C41H77O8P. The molecule has 0 rings (SSSR count). The van der Waals surface area contributed by atoms with Crippen LogP contribution in [-0.2, 0) is 28.2 Å². The summed E-state index contributed by atoms with van der Waals surface area (Å²) in [6.07, 6.45) is 41.9. The largest absolute Gasteiger partial charge is 0.469 e. The highest BCUT2D eigenvalue weighted by Crippen LogP contribution is 2.36. The summed E-state index contributed by atoms with van der Waals surface area (Å²) in [6.45, 7) is 3.67. The fourth-order valence-electron chi connectivity index (χ4n) is 5.87. The summed E-state index contributed by atoms with van der Waals surface area (Å²) in [7, 11) is -4.75. The van der Waals surface area contributed by atoms with Crippen molar-refractivity contribution in [3.63, 3.8) is 0 Å². The van der Waals surface area contributed by atoms with Gasteiger partial charge in [-0.15, -0.1) is 0 Å². The molecule has 0 aromatic carbocycles. The summed E-state index contributed by atoms with van der Waals surface area (Å²) in [5, 5.41) is 0. The molecule has 50 heavy (non-hydrogen) atoms. The summed E-state index contributed by atoms with van der Waals surface area (Å²) in [5.41, 5.74) is 0. The third kappa shape index (κ3) is 39.3. The first kappa shape index (κ1) is 48.5. The molecule has 0 saturated carbocycles. The topological polar surface area (TPSA) is 119 Å². The number of phosphoric acid groups is 1. The van der Waals surface area contributed by atoms with Gasteiger partial charge < -0.3 is 19.3 Å². The molecule has 0 heterocycles. The minimum atomic E-state index is -4.75. The second-order valence-corrected chi connectivity index (χ2v) is 15.2. The molecule has 2 N–H and O–H groups in total. The average Bonchev–Trinajstić information content (AvgIpc) is 3.08. The zero-order valence-corrected chi connectivity index (χ0v) is 33.2. The van der Waals surface area contributed by atoms with E-state index in [-0.39, 0.29) is 19.4 Å². The van der Waals surface area contributed by atoms with Gasteiger partial charge in [-0.05, 0) is 44.9 Å². The van der Waals surface area contributed by atoms with Gasteiger partial charge in [0.15, 0.2) is 6.10 Å². The van der Waals surface area contributed by atoms with Gasteiger partial charge in [-0.25, -0.2) is 4.57 Å². The van der Waals surface area contributed by atoms with Crippen molar-refractivity contribution in [2.45, 2.75) is 213 Å². The third-order valence-corrected chi connectivity index (χ3v) is 9.46. The van der Waals surface area contributed by atoms with Gasteiger partial charge in [0, 0.05) is 12.8 Å². The molecule has 0 aromatic heterocycles. The maximum atomic E-state index is 12.4. The lowest BCUT2D eigenvalue weighted by atomic mass is 10.1. The minimum absolute atomic E-state index is 0.210. The number of phosphoric ester groups is 1. The monoisotopic (exact) mass is 729 g/mol. The van der Waals surface area contributed by atoms with Crippen LogP contribution < -0.4 is 0 Å². The van der Waals surface area contributed by atoms with Crippen molar-refractivity contribution < 1.29 is 37.9 Å². The van der Waals surface area contributed by atoms with Crippen LogP contribution in [0, 0.1) is 0 Å². The SMILES string of the molecule is CCCCCCC/C=C\C/C=C\CCCCCCCCCCCC(=O)OC(COC(=O)CCCCCCCCCCCCC)COP(=O)(O)O. The van der Waals surface area contributed by atoms with Gasteiger partial charge in [0.05, 0.1) is 6.61 Å². The number of esters is 2. The average molecular weight is 729 g/mol. The molecule has 0 spiro atoms. The van der Waals surface area contributed by atoms with E-state index in [2.05, 4.69) is 42.7 Å². The highest BCUT2D eigenvalue weighted by atomic mass is 31.2. The second kappa shape index (κ2) is 37.3. The van der Waals surface area contributed by atoms with Crippen LogP contribution in [-0.4, -0.2) is 41.0 Å². The Hall–Kier alpha value is -1.47. The molecule has 0 aromatic rings. The first-order valence-corrected chi connectivity index (χ1v) is 22.2. The molecule has 0 fully saturated rings. The van der Waals surface area contributed by atoms with E-state index in [0.717, 1.165) is 51.4 Å². The fourth-order valence-corrected chi connectivity index (χ4v) is 6.23. The van der Waals surface area contributed by atoms with E-state index in [0.29, 0.717) is 6.42 Å². The summed E-state index contributed by atoms with van der Waals surface area (Å²) in [5.74, 6) is -0.884. The van der Waals surface area contributed by atoms with Crippen molar-refractivity contribution in [3.8, 4) is 0 Å². The lowest BCUT2D eigenvalue weighted by molar-refractivity contribution is -0.161. The van der Waals surface area contributed by atoms with E-state index in [1.54, 1.807) is 0 Å². The van der Waals surface area contributed by atoms with Gasteiger partial charge in [-0.3, -0.25) is 14.1 Å². The van der Waals surface area contributed by atoms with E-state index < -0.39 is 32.5 Å². The van der Waals surface area contributed by atoms with Crippen molar-refractivity contribution in [2.75, 3.05) is 13.2 Å². The molecule has 0 aliphatic heterocycles. The number of hydrogen-bond acceptors (Lipinski definition) is 6. The lowest BCUT2D eigenvalue weighted by Gasteiger charge is -2.18. The van der Waals surface area contributed by atoms with Crippen molar-refractivity contribution in [1.82, 2.24) is 0 Å². The van der Waals surface area contributed by atoms with E-state index in [9.17, 15) is 14.2 Å². The Morgan fingerprint density at radius 1 is 0.520 bits per heavy atom. The maximum Gasteiger partial charge on any atom is 0.469 e. The Morgan fingerprint density at radius 3 is 1.32 bits per heavy atom. The van der Waals surface area contributed by atoms with Crippen molar-refractivity contribution in [3.05, 3.63) is 24.3 Å².